The van der Waals surface area contributed by atoms with E-state index in [4.69, 9.17) is 4.74 Å². The molecule has 0 spiro atoms. The van der Waals surface area contributed by atoms with E-state index in [1.165, 1.54) is 10.8 Å². The zero-order valence-electron chi connectivity index (χ0n) is 11.2. The zero-order chi connectivity index (χ0) is 14.6. The summed E-state index contributed by atoms with van der Waals surface area (Å²) in [6.07, 6.45) is -2.74. The lowest BCUT2D eigenvalue weighted by Gasteiger charge is -2.12. The fourth-order valence-electron chi connectivity index (χ4n) is 2.21. The van der Waals surface area contributed by atoms with Crippen molar-refractivity contribution < 1.29 is 17.9 Å². The molecule has 0 unspecified atom stereocenters. The Kier molecular flexibility index (Phi) is 4.67. The molecule has 0 amide bonds. The van der Waals surface area contributed by atoms with Crippen LogP contribution in [0, 0.1) is 0 Å². The van der Waals surface area contributed by atoms with E-state index in [2.05, 4.69) is 5.32 Å². The average Bonchev–Trinajstić information content (AvgIpc) is 2.77. The minimum absolute atomic E-state index is 0.516. The highest BCUT2D eigenvalue weighted by molar-refractivity contribution is 5.83. The van der Waals surface area contributed by atoms with E-state index in [1.54, 1.807) is 13.2 Å². The molecule has 0 bridgehead atoms. The number of methoxy groups -OCH3 is 1. The molecule has 0 atom stereocenters. The lowest BCUT2D eigenvalue weighted by atomic mass is 10.1. The van der Waals surface area contributed by atoms with E-state index >= 15 is 0 Å². The van der Waals surface area contributed by atoms with Crippen LogP contribution in [0.1, 0.15) is 5.56 Å². The number of nitrogens with zero attached hydrogens (tertiary/aromatic N) is 1. The molecule has 0 saturated heterocycles. The van der Waals surface area contributed by atoms with E-state index < -0.39 is 12.7 Å². The highest BCUT2D eigenvalue weighted by Crippen LogP contribution is 2.25. The van der Waals surface area contributed by atoms with Crippen LogP contribution in [0.4, 0.5) is 13.2 Å². The molecule has 3 nitrogen and oxygen atoms in total. The Morgan fingerprint density at radius 3 is 2.75 bits per heavy atom. The van der Waals surface area contributed by atoms with Gasteiger partial charge in [-0.2, -0.15) is 13.2 Å². The summed E-state index contributed by atoms with van der Waals surface area (Å²) < 4.78 is 43.9. The number of aromatic nitrogens is 1. The summed E-state index contributed by atoms with van der Waals surface area (Å²) in [5.41, 5.74) is 1.49. The summed E-state index contributed by atoms with van der Waals surface area (Å²) in [5, 5.41) is 3.97. The third-order valence-corrected chi connectivity index (χ3v) is 3.02. The second kappa shape index (κ2) is 6.28. The Morgan fingerprint density at radius 1 is 1.25 bits per heavy atom. The van der Waals surface area contributed by atoms with E-state index in [0.717, 1.165) is 10.9 Å². The number of alkyl halides is 3. The Balaban J connectivity index is 2.22. The van der Waals surface area contributed by atoms with Crippen LogP contribution in [-0.2, 0) is 17.8 Å². The summed E-state index contributed by atoms with van der Waals surface area (Å²) in [5.74, 6) is 0. The number of nitrogens with one attached hydrogen (secondary N) is 1. The first-order valence-corrected chi connectivity index (χ1v) is 6.34. The Labute approximate surface area is 115 Å². The smallest absolute Gasteiger partial charge is 0.383 e. The topological polar surface area (TPSA) is 26.2 Å². The molecule has 0 saturated carbocycles. The van der Waals surface area contributed by atoms with Gasteiger partial charge in [-0.25, -0.2) is 0 Å². The predicted molar refractivity (Wildman–Crippen MR) is 71.6 cm³/mol. The van der Waals surface area contributed by atoms with Gasteiger partial charge in [0.2, 0.25) is 0 Å². The molecular formula is C14H17F3N2O. The minimum Gasteiger partial charge on any atom is -0.383 e. The van der Waals surface area contributed by atoms with Crippen molar-refractivity contribution in [1.29, 1.82) is 0 Å². The van der Waals surface area contributed by atoms with Crippen LogP contribution in [0.25, 0.3) is 10.9 Å². The van der Waals surface area contributed by atoms with Gasteiger partial charge in [0.05, 0.1) is 12.1 Å². The van der Waals surface area contributed by atoms with Gasteiger partial charge in [-0.05, 0) is 17.0 Å². The quantitative estimate of drug-likeness (QED) is 0.826. The van der Waals surface area contributed by atoms with Gasteiger partial charge in [0, 0.05) is 26.4 Å². The second-order valence-corrected chi connectivity index (χ2v) is 4.58. The molecule has 0 fully saturated rings. The van der Waals surface area contributed by atoms with Gasteiger partial charge < -0.3 is 14.6 Å². The average molecular weight is 286 g/mol. The van der Waals surface area contributed by atoms with Gasteiger partial charge in [0.15, 0.2) is 0 Å². The first-order chi connectivity index (χ1) is 9.51. The number of fused-ring (bicyclic) bond motifs is 1. The van der Waals surface area contributed by atoms with Gasteiger partial charge in [-0.3, -0.25) is 0 Å². The highest BCUT2D eigenvalue weighted by Gasteiger charge is 2.28. The lowest BCUT2D eigenvalue weighted by Crippen LogP contribution is -2.20. The van der Waals surface area contributed by atoms with Crippen LogP contribution in [0.15, 0.2) is 30.5 Å². The van der Waals surface area contributed by atoms with Crippen molar-refractivity contribution in [3.8, 4) is 0 Å². The lowest BCUT2D eigenvalue weighted by molar-refractivity contribution is -0.139. The van der Waals surface area contributed by atoms with Crippen LogP contribution in [-0.4, -0.2) is 31.0 Å². The first kappa shape index (κ1) is 14.9. The van der Waals surface area contributed by atoms with Gasteiger partial charge in [0.25, 0.3) is 0 Å². The number of para-hydroxylation sites is 1. The highest BCUT2D eigenvalue weighted by atomic mass is 19.4. The van der Waals surface area contributed by atoms with Crippen LogP contribution < -0.4 is 5.32 Å². The van der Waals surface area contributed by atoms with Crippen molar-refractivity contribution in [1.82, 2.24) is 9.88 Å². The molecule has 6 heteroatoms. The normalized spacial score (nSPS) is 12.2. The molecule has 20 heavy (non-hydrogen) atoms. The predicted octanol–water partition coefficient (Wildman–Crippen LogP) is 2.94. The molecule has 2 rings (SSSR count). The zero-order valence-corrected chi connectivity index (χ0v) is 11.2. The molecule has 1 aromatic carbocycles. The summed E-state index contributed by atoms with van der Waals surface area (Å²) in [6.45, 7) is 0.778. The van der Waals surface area contributed by atoms with E-state index in [1.807, 2.05) is 18.2 Å². The number of hydrogen-bond donors (Lipinski definition) is 1. The monoisotopic (exact) mass is 286 g/mol. The van der Waals surface area contributed by atoms with Crippen molar-refractivity contribution in [2.24, 2.45) is 0 Å². The van der Waals surface area contributed by atoms with Crippen molar-refractivity contribution in [3.05, 3.63) is 36.0 Å². The van der Waals surface area contributed by atoms with E-state index in [0.29, 0.717) is 25.2 Å². The summed E-state index contributed by atoms with van der Waals surface area (Å²) in [4.78, 5) is 0. The standard InChI is InChI=1S/C14H17F3N2O/c1-20-8-6-18-9-12-4-2-3-11-5-7-19(13(11)12)10-14(15,16)17/h2-5,7,18H,6,8-10H2,1H3. The fourth-order valence-corrected chi connectivity index (χ4v) is 2.21. The third-order valence-electron chi connectivity index (χ3n) is 3.02. The first-order valence-electron chi connectivity index (χ1n) is 6.34. The van der Waals surface area contributed by atoms with Crippen LogP contribution in [0.2, 0.25) is 0 Å². The number of hydrogen-bond acceptors (Lipinski definition) is 2. The molecule has 0 aliphatic carbocycles. The van der Waals surface area contributed by atoms with Crippen LogP contribution >= 0.6 is 0 Å². The maximum absolute atomic E-state index is 12.6. The number of halogens is 3. The van der Waals surface area contributed by atoms with Crippen molar-refractivity contribution in [2.45, 2.75) is 19.3 Å². The maximum Gasteiger partial charge on any atom is 0.406 e. The van der Waals surface area contributed by atoms with Crippen LogP contribution in [0.5, 0.6) is 0 Å². The molecule has 2 aromatic rings. The number of ether oxygens (including phenoxy) is 1. The summed E-state index contributed by atoms with van der Waals surface area (Å²) in [6, 6.07) is 7.23. The summed E-state index contributed by atoms with van der Waals surface area (Å²) >= 11 is 0. The molecular weight excluding hydrogens is 269 g/mol. The van der Waals surface area contributed by atoms with E-state index in [9.17, 15) is 13.2 Å². The van der Waals surface area contributed by atoms with Crippen molar-refractivity contribution >= 4 is 10.9 Å². The Bertz CT molecular complexity index is 563. The molecule has 0 radical (unpaired) electrons. The molecule has 0 aliphatic rings. The molecule has 1 N–H and O–H groups in total. The number of benzene rings is 1. The maximum atomic E-state index is 12.6. The Hall–Kier alpha value is -1.53. The second-order valence-electron chi connectivity index (χ2n) is 4.58. The van der Waals surface area contributed by atoms with E-state index in [-0.39, 0.29) is 0 Å². The molecule has 1 heterocycles. The molecule has 1 aromatic heterocycles. The van der Waals surface area contributed by atoms with Gasteiger partial charge in [0.1, 0.15) is 6.54 Å². The molecule has 110 valence electrons. The number of rotatable bonds is 6. The summed E-state index contributed by atoms with van der Waals surface area (Å²) in [7, 11) is 1.61. The minimum atomic E-state index is -4.22. The molecule has 0 aliphatic heterocycles. The third kappa shape index (κ3) is 3.74. The fraction of sp³-hybridized carbons (Fsp3) is 0.429. The van der Waals surface area contributed by atoms with Crippen molar-refractivity contribution in [2.75, 3.05) is 20.3 Å². The van der Waals surface area contributed by atoms with Crippen molar-refractivity contribution in [3.63, 3.8) is 0 Å². The van der Waals surface area contributed by atoms with Crippen LogP contribution in [0.3, 0.4) is 0 Å². The SMILES string of the molecule is COCCNCc1cccc2ccn(CC(F)(F)F)c12. The van der Waals surface area contributed by atoms with Gasteiger partial charge in [-0.1, -0.05) is 18.2 Å². The largest absolute Gasteiger partial charge is 0.406 e. The van der Waals surface area contributed by atoms with Gasteiger partial charge >= 0.3 is 6.18 Å². The Morgan fingerprint density at radius 2 is 2.05 bits per heavy atom. The van der Waals surface area contributed by atoms with Gasteiger partial charge in [-0.15, -0.1) is 0 Å².